The molecule has 0 aromatic carbocycles. The van der Waals surface area contributed by atoms with Gasteiger partial charge in [0.25, 0.3) is 0 Å². The first-order valence-electron chi connectivity index (χ1n) is 5.51. The van der Waals surface area contributed by atoms with Gasteiger partial charge in [-0.05, 0) is 6.92 Å². The number of fused-ring (bicyclic) bond motifs is 1. The van der Waals surface area contributed by atoms with Gasteiger partial charge in [-0.25, -0.2) is 4.98 Å². The summed E-state index contributed by atoms with van der Waals surface area (Å²) in [5.74, 6) is 0. The molecule has 0 spiro atoms. The SMILES string of the molecule is Cc1c(C2NCCc3[nH]cnc32)cnn1C. The Kier molecular flexibility index (Phi) is 2.07. The lowest BCUT2D eigenvalue weighted by Gasteiger charge is -2.22. The molecule has 5 heteroatoms. The van der Waals surface area contributed by atoms with Crippen LogP contribution in [-0.4, -0.2) is 26.3 Å². The van der Waals surface area contributed by atoms with Crippen LogP contribution >= 0.6 is 0 Å². The maximum absolute atomic E-state index is 4.41. The van der Waals surface area contributed by atoms with Crippen molar-refractivity contribution in [1.82, 2.24) is 25.1 Å². The van der Waals surface area contributed by atoms with Crippen molar-refractivity contribution in [2.24, 2.45) is 7.05 Å². The number of hydrogen-bond acceptors (Lipinski definition) is 3. The fourth-order valence-electron chi connectivity index (χ4n) is 2.28. The van der Waals surface area contributed by atoms with Gasteiger partial charge in [-0.3, -0.25) is 4.68 Å². The summed E-state index contributed by atoms with van der Waals surface area (Å²) in [6.45, 7) is 3.07. The van der Waals surface area contributed by atoms with Gasteiger partial charge in [0, 0.05) is 37.0 Å². The predicted octanol–water partition coefficient (Wildman–Crippen LogP) is 0.687. The van der Waals surface area contributed by atoms with Crippen LogP contribution in [0.4, 0.5) is 0 Å². The van der Waals surface area contributed by atoms with Crippen molar-refractivity contribution in [2.45, 2.75) is 19.4 Å². The lowest BCUT2D eigenvalue weighted by Crippen LogP contribution is -2.31. The van der Waals surface area contributed by atoms with E-state index in [0.717, 1.165) is 18.7 Å². The van der Waals surface area contributed by atoms with E-state index in [9.17, 15) is 0 Å². The number of aryl methyl sites for hydroxylation is 1. The van der Waals surface area contributed by atoms with Gasteiger partial charge < -0.3 is 10.3 Å². The standard InChI is InChI=1S/C11H15N5/c1-7-8(5-15-16(7)2)10-11-9(3-4-12-10)13-6-14-11/h5-6,10,12H,3-4H2,1-2H3,(H,13,14). The molecule has 5 nitrogen and oxygen atoms in total. The van der Waals surface area contributed by atoms with Crippen molar-refractivity contribution in [3.8, 4) is 0 Å². The summed E-state index contributed by atoms with van der Waals surface area (Å²) in [6.07, 6.45) is 4.72. The summed E-state index contributed by atoms with van der Waals surface area (Å²) in [4.78, 5) is 7.62. The molecule has 3 heterocycles. The molecule has 0 radical (unpaired) electrons. The third kappa shape index (κ3) is 1.28. The van der Waals surface area contributed by atoms with Crippen molar-refractivity contribution in [3.63, 3.8) is 0 Å². The Hall–Kier alpha value is -1.62. The number of H-pyrrole nitrogens is 1. The van der Waals surface area contributed by atoms with Crippen LogP contribution in [0.2, 0.25) is 0 Å². The molecule has 0 amide bonds. The zero-order valence-corrected chi connectivity index (χ0v) is 9.49. The molecular formula is C11H15N5. The first kappa shape index (κ1) is 9.59. The summed E-state index contributed by atoms with van der Waals surface area (Å²) in [6, 6.07) is 0.184. The normalized spacial score (nSPS) is 19.8. The summed E-state index contributed by atoms with van der Waals surface area (Å²) in [5, 5.41) is 7.78. The Morgan fingerprint density at radius 2 is 2.38 bits per heavy atom. The highest BCUT2D eigenvalue weighted by molar-refractivity contribution is 5.33. The minimum Gasteiger partial charge on any atom is -0.348 e. The summed E-state index contributed by atoms with van der Waals surface area (Å²) in [7, 11) is 1.97. The summed E-state index contributed by atoms with van der Waals surface area (Å²) in [5.41, 5.74) is 4.76. The summed E-state index contributed by atoms with van der Waals surface area (Å²) >= 11 is 0. The third-order valence-electron chi connectivity index (χ3n) is 3.33. The van der Waals surface area contributed by atoms with Crippen molar-refractivity contribution in [2.75, 3.05) is 6.54 Å². The molecule has 1 atom stereocenters. The number of nitrogens with one attached hydrogen (secondary N) is 2. The lowest BCUT2D eigenvalue weighted by atomic mass is 9.99. The fourth-order valence-corrected chi connectivity index (χ4v) is 2.28. The molecule has 16 heavy (non-hydrogen) atoms. The van der Waals surface area contributed by atoms with Gasteiger partial charge in [-0.15, -0.1) is 0 Å². The van der Waals surface area contributed by atoms with E-state index >= 15 is 0 Å². The van der Waals surface area contributed by atoms with E-state index in [1.807, 2.05) is 17.9 Å². The van der Waals surface area contributed by atoms with Gasteiger partial charge in [0.05, 0.1) is 24.3 Å². The smallest absolute Gasteiger partial charge is 0.0926 e. The van der Waals surface area contributed by atoms with Crippen LogP contribution in [0.15, 0.2) is 12.5 Å². The van der Waals surface area contributed by atoms with Crippen molar-refractivity contribution >= 4 is 0 Å². The molecule has 2 aromatic heterocycles. The van der Waals surface area contributed by atoms with Gasteiger partial charge in [-0.1, -0.05) is 0 Å². The molecule has 1 aliphatic heterocycles. The number of imidazole rings is 1. The average molecular weight is 217 g/mol. The van der Waals surface area contributed by atoms with Crippen LogP contribution in [0.3, 0.4) is 0 Å². The molecule has 0 fully saturated rings. The quantitative estimate of drug-likeness (QED) is 0.738. The van der Waals surface area contributed by atoms with Gasteiger partial charge in [0.1, 0.15) is 0 Å². The van der Waals surface area contributed by atoms with E-state index in [-0.39, 0.29) is 6.04 Å². The largest absolute Gasteiger partial charge is 0.348 e. The maximum atomic E-state index is 4.41. The van der Waals surface area contributed by atoms with Crippen molar-refractivity contribution in [1.29, 1.82) is 0 Å². The minimum absolute atomic E-state index is 0.184. The number of aromatic nitrogens is 4. The molecular weight excluding hydrogens is 202 g/mol. The number of aromatic amines is 1. The molecule has 0 saturated heterocycles. The van der Waals surface area contributed by atoms with Crippen LogP contribution < -0.4 is 5.32 Å². The third-order valence-corrected chi connectivity index (χ3v) is 3.33. The minimum atomic E-state index is 0.184. The van der Waals surface area contributed by atoms with Gasteiger partial charge in [-0.2, -0.15) is 5.10 Å². The molecule has 84 valence electrons. The van der Waals surface area contributed by atoms with Crippen LogP contribution in [0.1, 0.15) is 28.7 Å². The van der Waals surface area contributed by atoms with Crippen molar-refractivity contribution in [3.05, 3.63) is 35.2 Å². The fraction of sp³-hybridized carbons (Fsp3) is 0.455. The van der Waals surface area contributed by atoms with Crippen molar-refractivity contribution < 1.29 is 0 Å². The first-order valence-corrected chi connectivity index (χ1v) is 5.51. The van der Waals surface area contributed by atoms with E-state index in [1.165, 1.54) is 17.0 Å². The Labute approximate surface area is 93.9 Å². The second-order valence-corrected chi connectivity index (χ2v) is 4.21. The van der Waals surface area contributed by atoms with E-state index in [1.54, 1.807) is 6.33 Å². The van der Waals surface area contributed by atoms with Crippen LogP contribution in [0, 0.1) is 6.92 Å². The van der Waals surface area contributed by atoms with E-state index in [4.69, 9.17) is 0 Å². The highest BCUT2D eigenvalue weighted by Crippen LogP contribution is 2.27. The zero-order valence-electron chi connectivity index (χ0n) is 9.49. The van der Waals surface area contributed by atoms with Crippen LogP contribution in [0.25, 0.3) is 0 Å². The van der Waals surface area contributed by atoms with Crippen LogP contribution in [-0.2, 0) is 13.5 Å². The van der Waals surface area contributed by atoms with Gasteiger partial charge >= 0.3 is 0 Å². The highest BCUT2D eigenvalue weighted by atomic mass is 15.3. The molecule has 2 aromatic rings. The second-order valence-electron chi connectivity index (χ2n) is 4.21. The molecule has 0 saturated carbocycles. The highest BCUT2D eigenvalue weighted by Gasteiger charge is 2.26. The molecule has 0 bridgehead atoms. The maximum Gasteiger partial charge on any atom is 0.0926 e. The van der Waals surface area contributed by atoms with Crippen LogP contribution in [0.5, 0.6) is 0 Å². The van der Waals surface area contributed by atoms with Gasteiger partial charge in [0.2, 0.25) is 0 Å². The predicted molar refractivity (Wildman–Crippen MR) is 60.1 cm³/mol. The molecule has 0 aliphatic carbocycles. The molecule has 2 N–H and O–H groups in total. The topological polar surface area (TPSA) is 58.5 Å². The lowest BCUT2D eigenvalue weighted by molar-refractivity contribution is 0.550. The monoisotopic (exact) mass is 217 g/mol. The Bertz CT molecular complexity index is 510. The van der Waals surface area contributed by atoms with E-state index < -0.39 is 0 Å². The first-order chi connectivity index (χ1) is 7.77. The molecule has 1 aliphatic rings. The molecule has 3 rings (SSSR count). The Balaban J connectivity index is 2.07. The van der Waals surface area contributed by atoms with Gasteiger partial charge in [0.15, 0.2) is 0 Å². The number of rotatable bonds is 1. The number of nitrogens with zero attached hydrogens (tertiary/aromatic N) is 3. The number of hydrogen-bond donors (Lipinski definition) is 2. The average Bonchev–Trinajstić information content (AvgIpc) is 2.87. The second kappa shape index (κ2) is 3.45. The zero-order chi connectivity index (χ0) is 11.1. The molecule has 1 unspecified atom stereocenters. The summed E-state index contributed by atoms with van der Waals surface area (Å²) < 4.78 is 1.90. The Morgan fingerprint density at radius 1 is 1.50 bits per heavy atom. The van der Waals surface area contributed by atoms with E-state index in [0.29, 0.717) is 0 Å². The Morgan fingerprint density at radius 3 is 3.12 bits per heavy atom. The van der Waals surface area contributed by atoms with E-state index in [2.05, 4.69) is 27.3 Å².